The number of carbonyl (C=O) groups is 3. The fourth-order valence-electron chi connectivity index (χ4n) is 4.50. The van der Waals surface area contributed by atoms with E-state index >= 15 is 0 Å². The van der Waals surface area contributed by atoms with Crippen LogP contribution in [0.25, 0.3) is 11.1 Å². The quantitative estimate of drug-likeness (QED) is 0.504. The Hall–Kier alpha value is -3.39. The van der Waals surface area contributed by atoms with Crippen molar-refractivity contribution in [3.05, 3.63) is 59.7 Å². The third-order valence-electron chi connectivity index (χ3n) is 6.11. The lowest BCUT2D eigenvalue weighted by Gasteiger charge is -2.20. The SMILES string of the molecule is O=C(O)CCCCNC(=O)[C@H]1OCC[C@H]1NC(=O)OCC1c2ccccc2-c2ccccc21. The first kappa shape index (κ1) is 22.8. The molecule has 33 heavy (non-hydrogen) atoms. The number of hydrogen-bond donors (Lipinski definition) is 3. The van der Waals surface area contributed by atoms with Crippen LogP contribution in [0.15, 0.2) is 48.5 Å². The maximum Gasteiger partial charge on any atom is 0.407 e. The van der Waals surface area contributed by atoms with E-state index in [1.165, 1.54) is 0 Å². The lowest BCUT2D eigenvalue weighted by Crippen LogP contribution is -2.48. The molecule has 1 heterocycles. The Morgan fingerprint density at radius 2 is 1.67 bits per heavy atom. The van der Waals surface area contributed by atoms with Gasteiger partial charge in [-0.3, -0.25) is 9.59 Å². The number of fused-ring (bicyclic) bond motifs is 3. The molecule has 1 aliphatic carbocycles. The zero-order valence-electron chi connectivity index (χ0n) is 18.3. The third-order valence-corrected chi connectivity index (χ3v) is 6.11. The molecule has 3 N–H and O–H groups in total. The number of alkyl carbamates (subject to hydrolysis) is 1. The molecular formula is C25H28N2O6. The van der Waals surface area contributed by atoms with Crippen LogP contribution in [0.5, 0.6) is 0 Å². The van der Waals surface area contributed by atoms with Crippen molar-refractivity contribution in [3.8, 4) is 11.1 Å². The number of rotatable bonds is 9. The van der Waals surface area contributed by atoms with Crippen molar-refractivity contribution in [2.24, 2.45) is 0 Å². The van der Waals surface area contributed by atoms with Crippen LogP contribution in [0.1, 0.15) is 42.7 Å². The summed E-state index contributed by atoms with van der Waals surface area (Å²) in [6.07, 6.45) is 0.275. The van der Waals surface area contributed by atoms with Gasteiger partial charge in [0.05, 0.1) is 6.04 Å². The number of ether oxygens (including phenoxy) is 2. The van der Waals surface area contributed by atoms with Crippen LogP contribution < -0.4 is 10.6 Å². The van der Waals surface area contributed by atoms with Gasteiger partial charge in [0.2, 0.25) is 0 Å². The highest BCUT2D eigenvalue weighted by Crippen LogP contribution is 2.44. The molecule has 4 rings (SSSR count). The maximum absolute atomic E-state index is 12.5. The highest BCUT2D eigenvalue weighted by atomic mass is 16.6. The van der Waals surface area contributed by atoms with Crippen molar-refractivity contribution >= 4 is 18.0 Å². The van der Waals surface area contributed by atoms with Gasteiger partial charge < -0.3 is 25.2 Å². The Morgan fingerprint density at radius 1 is 1.00 bits per heavy atom. The van der Waals surface area contributed by atoms with Crippen molar-refractivity contribution in [3.63, 3.8) is 0 Å². The maximum atomic E-state index is 12.5. The molecule has 1 aliphatic heterocycles. The van der Waals surface area contributed by atoms with Gasteiger partial charge in [0.15, 0.2) is 6.10 Å². The van der Waals surface area contributed by atoms with E-state index < -0.39 is 24.2 Å². The van der Waals surface area contributed by atoms with Crippen LogP contribution in [0, 0.1) is 0 Å². The van der Waals surface area contributed by atoms with Crippen LogP contribution in [-0.4, -0.2) is 55.0 Å². The molecule has 2 aliphatic rings. The number of benzene rings is 2. The molecule has 2 aromatic carbocycles. The Labute approximate surface area is 192 Å². The van der Waals surface area contributed by atoms with Crippen molar-refractivity contribution < 1.29 is 29.0 Å². The van der Waals surface area contributed by atoms with Crippen LogP contribution in [-0.2, 0) is 19.1 Å². The van der Waals surface area contributed by atoms with E-state index in [9.17, 15) is 14.4 Å². The van der Waals surface area contributed by atoms with Gasteiger partial charge in [-0.15, -0.1) is 0 Å². The van der Waals surface area contributed by atoms with Crippen molar-refractivity contribution in [1.29, 1.82) is 0 Å². The molecule has 0 saturated carbocycles. The fraction of sp³-hybridized carbons (Fsp3) is 0.400. The third kappa shape index (κ3) is 5.34. The molecule has 2 atom stereocenters. The summed E-state index contributed by atoms with van der Waals surface area (Å²) in [7, 11) is 0. The van der Waals surface area contributed by atoms with E-state index in [-0.39, 0.29) is 24.9 Å². The van der Waals surface area contributed by atoms with E-state index in [4.69, 9.17) is 14.6 Å². The fourth-order valence-corrected chi connectivity index (χ4v) is 4.50. The van der Waals surface area contributed by atoms with Gasteiger partial charge in [-0.2, -0.15) is 0 Å². The zero-order valence-corrected chi connectivity index (χ0v) is 18.3. The topological polar surface area (TPSA) is 114 Å². The monoisotopic (exact) mass is 452 g/mol. The molecule has 2 aromatic rings. The van der Waals surface area contributed by atoms with Crippen LogP contribution in [0.3, 0.4) is 0 Å². The van der Waals surface area contributed by atoms with Gasteiger partial charge in [-0.1, -0.05) is 48.5 Å². The largest absolute Gasteiger partial charge is 0.481 e. The number of unbranched alkanes of at least 4 members (excludes halogenated alkanes) is 1. The summed E-state index contributed by atoms with van der Waals surface area (Å²) in [4.78, 5) is 35.5. The van der Waals surface area contributed by atoms with Gasteiger partial charge >= 0.3 is 12.1 Å². The van der Waals surface area contributed by atoms with Gasteiger partial charge in [0, 0.05) is 25.5 Å². The Bertz CT molecular complexity index is 978. The first-order valence-electron chi connectivity index (χ1n) is 11.3. The van der Waals surface area contributed by atoms with E-state index in [0.29, 0.717) is 32.4 Å². The minimum atomic E-state index is -0.854. The molecule has 0 radical (unpaired) electrons. The second-order valence-electron chi connectivity index (χ2n) is 8.30. The average Bonchev–Trinajstić information content (AvgIpc) is 3.39. The van der Waals surface area contributed by atoms with Crippen LogP contribution in [0.2, 0.25) is 0 Å². The number of aliphatic carboxylic acids is 1. The van der Waals surface area contributed by atoms with Crippen molar-refractivity contribution in [1.82, 2.24) is 10.6 Å². The molecule has 174 valence electrons. The molecule has 1 saturated heterocycles. The summed E-state index contributed by atoms with van der Waals surface area (Å²) in [5.41, 5.74) is 4.59. The Morgan fingerprint density at radius 3 is 2.33 bits per heavy atom. The van der Waals surface area contributed by atoms with E-state index in [1.807, 2.05) is 24.3 Å². The number of hydrogen-bond acceptors (Lipinski definition) is 5. The Kier molecular flexibility index (Phi) is 7.24. The van der Waals surface area contributed by atoms with Crippen LogP contribution >= 0.6 is 0 Å². The minimum absolute atomic E-state index is 0.0344. The lowest BCUT2D eigenvalue weighted by atomic mass is 9.98. The molecule has 0 bridgehead atoms. The van der Waals surface area contributed by atoms with Gasteiger partial charge in [-0.25, -0.2) is 4.79 Å². The Balaban J connectivity index is 1.28. The molecule has 0 spiro atoms. The molecule has 2 amide bonds. The average molecular weight is 453 g/mol. The molecule has 8 nitrogen and oxygen atoms in total. The summed E-state index contributed by atoms with van der Waals surface area (Å²) >= 11 is 0. The van der Waals surface area contributed by atoms with Gasteiger partial charge in [-0.05, 0) is 41.5 Å². The van der Waals surface area contributed by atoms with Gasteiger partial charge in [0.1, 0.15) is 6.61 Å². The summed E-state index contributed by atoms with van der Waals surface area (Å²) < 4.78 is 11.1. The predicted octanol–water partition coefficient (Wildman–Crippen LogP) is 3.05. The van der Waals surface area contributed by atoms with Crippen molar-refractivity contribution in [2.75, 3.05) is 19.8 Å². The van der Waals surface area contributed by atoms with Crippen LogP contribution in [0.4, 0.5) is 4.79 Å². The first-order chi connectivity index (χ1) is 16.0. The molecule has 0 unspecified atom stereocenters. The number of carboxylic acids is 1. The number of carbonyl (C=O) groups excluding carboxylic acids is 2. The minimum Gasteiger partial charge on any atom is -0.481 e. The highest BCUT2D eigenvalue weighted by molar-refractivity contribution is 5.83. The van der Waals surface area contributed by atoms with Gasteiger partial charge in [0.25, 0.3) is 5.91 Å². The second-order valence-corrected chi connectivity index (χ2v) is 8.30. The first-order valence-corrected chi connectivity index (χ1v) is 11.3. The van der Waals surface area contributed by atoms with E-state index in [0.717, 1.165) is 22.3 Å². The molecule has 8 heteroatoms. The normalized spacial score (nSPS) is 18.9. The molecule has 1 fully saturated rings. The highest BCUT2D eigenvalue weighted by Gasteiger charge is 2.36. The summed E-state index contributed by atoms with van der Waals surface area (Å²) in [6.45, 7) is 0.933. The lowest BCUT2D eigenvalue weighted by molar-refractivity contribution is -0.137. The number of carboxylic acid groups (broad SMARTS) is 1. The van der Waals surface area contributed by atoms with E-state index in [1.54, 1.807) is 0 Å². The second kappa shape index (κ2) is 10.5. The zero-order chi connectivity index (χ0) is 23.2. The number of amides is 2. The summed E-state index contributed by atoms with van der Waals surface area (Å²) in [5.74, 6) is -1.20. The summed E-state index contributed by atoms with van der Waals surface area (Å²) in [5, 5.41) is 14.2. The smallest absolute Gasteiger partial charge is 0.407 e. The predicted molar refractivity (Wildman–Crippen MR) is 121 cm³/mol. The summed E-state index contributed by atoms with van der Waals surface area (Å²) in [6, 6.07) is 15.8. The molecule has 0 aromatic heterocycles. The standard InChI is InChI=1S/C25H28N2O6/c28-22(29)11-5-6-13-26-24(30)23-21(12-14-32-23)27-25(31)33-15-20-18-9-3-1-7-16(18)17-8-2-4-10-19(17)20/h1-4,7-10,20-21,23H,5-6,11-15H2,(H,26,30)(H,27,31)(H,28,29)/t21-,23+/m1/s1. The van der Waals surface area contributed by atoms with Crippen molar-refractivity contribution in [2.45, 2.75) is 43.7 Å². The van der Waals surface area contributed by atoms with E-state index in [2.05, 4.69) is 34.9 Å². The number of nitrogens with one attached hydrogen (secondary N) is 2. The molecular weight excluding hydrogens is 424 g/mol.